The second-order valence-electron chi connectivity index (χ2n) is 2.37. The largest absolute Gasteiger partial charge is 2.00 e. The number of hydrogen-bond acceptors (Lipinski definition) is 3. The molecule has 14 heavy (non-hydrogen) atoms. The molecule has 1 aliphatic heterocycles. The minimum absolute atomic E-state index is 0. The zero-order valence-electron chi connectivity index (χ0n) is 8.51. The fraction of sp³-hybridized carbons (Fsp3) is 0.875. The summed E-state index contributed by atoms with van der Waals surface area (Å²) in [5, 5.41) is 10.8. The molecule has 1 rings (SSSR count). The number of halogens is 1. The van der Waals surface area contributed by atoms with Crippen molar-refractivity contribution in [2.24, 2.45) is 0 Å². The molecule has 4 nitrogen and oxygen atoms in total. The molecular weight excluding hydrogens is 237 g/mol. The van der Waals surface area contributed by atoms with Gasteiger partial charge in [-0.15, -0.1) is 25.5 Å². The summed E-state index contributed by atoms with van der Waals surface area (Å²) < 4.78 is 0. The average Bonchev–Trinajstić information content (AvgIpc) is 2.19. The first-order chi connectivity index (χ1) is 5.91. The maximum Gasteiger partial charge on any atom is 2.00 e. The van der Waals surface area contributed by atoms with E-state index in [0.29, 0.717) is 0 Å². The maximum absolute atomic E-state index is 8.68. The van der Waals surface area contributed by atoms with E-state index in [2.05, 4.69) is 16.0 Å². The van der Waals surface area contributed by atoms with Crippen LogP contribution in [0.5, 0.6) is 0 Å². The molecular formula is C8H18ClN3OTi. The molecule has 0 amide bonds. The van der Waals surface area contributed by atoms with E-state index >= 15 is 0 Å². The molecule has 1 saturated heterocycles. The third-order valence-electron chi connectivity index (χ3n) is 1.37. The molecule has 0 saturated carbocycles. The van der Waals surface area contributed by atoms with Crippen molar-refractivity contribution < 1.29 is 26.5 Å². The van der Waals surface area contributed by atoms with Crippen LogP contribution in [0.2, 0.25) is 0 Å². The smallest absolute Gasteiger partial charge is 0.660 e. The second-order valence-corrected chi connectivity index (χ2v) is 2.37. The third-order valence-corrected chi connectivity index (χ3v) is 1.37. The van der Waals surface area contributed by atoms with Gasteiger partial charge in [-0.2, -0.15) is 6.92 Å². The standard InChI is InChI=1S/C6H14N3.C2H3O.ClH.Ti/c1-2-8-5-6-9-4-3-7-1;1-2-3;;/h7-8H,1-6H2;1H3;1H;/q2*-1;;+2. The Morgan fingerprint density at radius 2 is 1.43 bits per heavy atom. The minimum atomic E-state index is 0. The molecule has 0 bridgehead atoms. The van der Waals surface area contributed by atoms with Crippen LogP contribution in [0.1, 0.15) is 6.92 Å². The van der Waals surface area contributed by atoms with Crippen LogP contribution in [0.25, 0.3) is 5.32 Å². The summed E-state index contributed by atoms with van der Waals surface area (Å²) >= 11 is 0. The van der Waals surface area contributed by atoms with Crippen LogP contribution >= 0.6 is 12.4 Å². The first-order valence-corrected chi connectivity index (χ1v) is 4.25. The molecule has 0 aliphatic carbocycles. The number of nitrogens with one attached hydrogen (secondary N) is 2. The molecule has 0 aromatic heterocycles. The fourth-order valence-corrected chi connectivity index (χ4v) is 0.855. The van der Waals surface area contributed by atoms with Crippen molar-refractivity contribution in [1.29, 1.82) is 0 Å². The fourth-order valence-electron chi connectivity index (χ4n) is 0.855. The van der Waals surface area contributed by atoms with Crippen molar-refractivity contribution in [3.8, 4) is 0 Å². The van der Waals surface area contributed by atoms with Gasteiger partial charge in [-0.1, -0.05) is 0 Å². The van der Waals surface area contributed by atoms with E-state index < -0.39 is 0 Å². The van der Waals surface area contributed by atoms with Crippen molar-refractivity contribution in [2.75, 3.05) is 39.3 Å². The van der Waals surface area contributed by atoms with Gasteiger partial charge in [0.1, 0.15) is 0 Å². The van der Waals surface area contributed by atoms with E-state index in [1.807, 2.05) is 0 Å². The van der Waals surface area contributed by atoms with Crippen molar-refractivity contribution in [3.05, 3.63) is 5.32 Å². The Morgan fingerprint density at radius 1 is 1.07 bits per heavy atom. The molecule has 1 fully saturated rings. The predicted molar refractivity (Wildman–Crippen MR) is 57.4 cm³/mol. The third kappa shape index (κ3) is 18.4. The van der Waals surface area contributed by atoms with E-state index in [0.717, 1.165) is 39.3 Å². The Morgan fingerprint density at radius 3 is 1.79 bits per heavy atom. The monoisotopic (exact) mass is 255 g/mol. The van der Waals surface area contributed by atoms with Gasteiger partial charge >= 0.3 is 21.7 Å². The SMILES string of the molecule is C1CNCCNCC[N-]1.C[C-]=O.Cl.[Ti+2]. The Bertz CT molecular complexity index is 80.1. The van der Waals surface area contributed by atoms with Crippen molar-refractivity contribution in [3.63, 3.8) is 0 Å². The van der Waals surface area contributed by atoms with E-state index in [4.69, 9.17) is 4.79 Å². The van der Waals surface area contributed by atoms with Gasteiger partial charge in [0.15, 0.2) is 0 Å². The van der Waals surface area contributed by atoms with Gasteiger partial charge in [0.05, 0.1) is 0 Å². The first-order valence-electron chi connectivity index (χ1n) is 4.25. The van der Waals surface area contributed by atoms with Gasteiger partial charge in [-0.25, -0.2) is 0 Å². The van der Waals surface area contributed by atoms with Gasteiger partial charge in [-0.05, 0) is 13.1 Å². The minimum Gasteiger partial charge on any atom is -0.660 e. The Labute approximate surface area is 107 Å². The molecule has 0 spiro atoms. The molecule has 2 N–H and O–H groups in total. The molecule has 82 valence electrons. The molecule has 1 aliphatic rings. The first kappa shape index (κ1) is 20.0. The van der Waals surface area contributed by atoms with Crippen LogP contribution in [0.15, 0.2) is 0 Å². The van der Waals surface area contributed by atoms with Crippen LogP contribution < -0.4 is 10.6 Å². The topological polar surface area (TPSA) is 55.2 Å². The molecule has 1 heterocycles. The number of rotatable bonds is 0. The van der Waals surface area contributed by atoms with Gasteiger partial charge in [0, 0.05) is 13.1 Å². The normalized spacial score (nSPS) is 16.4. The van der Waals surface area contributed by atoms with Crippen molar-refractivity contribution in [2.45, 2.75) is 6.92 Å². The Balaban J connectivity index is -0.000000218. The molecule has 0 radical (unpaired) electrons. The zero-order valence-corrected chi connectivity index (χ0v) is 10.9. The van der Waals surface area contributed by atoms with Gasteiger partial charge < -0.3 is 20.7 Å². The number of nitrogens with zero attached hydrogens (tertiary/aromatic N) is 1. The van der Waals surface area contributed by atoms with E-state index in [1.165, 1.54) is 13.2 Å². The van der Waals surface area contributed by atoms with Crippen LogP contribution in [-0.4, -0.2) is 45.6 Å². The van der Waals surface area contributed by atoms with Crippen molar-refractivity contribution in [1.82, 2.24) is 10.6 Å². The summed E-state index contributed by atoms with van der Waals surface area (Å²) in [7, 11) is 0. The van der Waals surface area contributed by atoms with Crippen LogP contribution in [0.4, 0.5) is 0 Å². The van der Waals surface area contributed by atoms with E-state index in [1.54, 1.807) is 0 Å². The number of carbonyl (C=O) groups excluding carboxylic acids is 1. The number of hydrogen-bond donors (Lipinski definition) is 2. The molecule has 0 aromatic rings. The second kappa shape index (κ2) is 19.2. The van der Waals surface area contributed by atoms with Gasteiger partial charge in [0.25, 0.3) is 0 Å². The summed E-state index contributed by atoms with van der Waals surface area (Å²) in [6.07, 6.45) is 1.50. The summed E-state index contributed by atoms with van der Waals surface area (Å²) in [6.45, 7) is 7.51. The quantitative estimate of drug-likeness (QED) is 0.476. The molecule has 0 atom stereocenters. The van der Waals surface area contributed by atoms with Gasteiger partial charge in [-0.3, -0.25) is 6.29 Å². The summed E-state index contributed by atoms with van der Waals surface area (Å²) in [5.41, 5.74) is 0. The summed E-state index contributed by atoms with van der Waals surface area (Å²) in [6, 6.07) is 0. The zero-order chi connectivity index (χ0) is 9.07. The average molecular weight is 256 g/mol. The molecule has 0 unspecified atom stereocenters. The van der Waals surface area contributed by atoms with Crippen molar-refractivity contribution >= 4 is 18.7 Å². The van der Waals surface area contributed by atoms with Crippen LogP contribution in [0, 0.1) is 0 Å². The predicted octanol–water partition coefficient (Wildman–Crippen LogP) is 0.0882. The molecule has 0 aromatic carbocycles. The molecule has 6 heteroatoms. The summed E-state index contributed by atoms with van der Waals surface area (Å²) in [5.74, 6) is 0. The van der Waals surface area contributed by atoms with Crippen LogP contribution in [0.3, 0.4) is 0 Å². The van der Waals surface area contributed by atoms with E-state index in [9.17, 15) is 0 Å². The Kier molecular flexibility index (Phi) is 27.4. The maximum atomic E-state index is 8.68. The van der Waals surface area contributed by atoms with E-state index in [-0.39, 0.29) is 34.1 Å². The van der Waals surface area contributed by atoms with Crippen LogP contribution in [-0.2, 0) is 26.5 Å². The summed E-state index contributed by atoms with van der Waals surface area (Å²) in [4.78, 5) is 8.68. The van der Waals surface area contributed by atoms with Gasteiger partial charge in [0.2, 0.25) is 0 Å². The Hall–Kier alpha value is 0.554.